The number of nitrogens with one attached hydrogen (secondary N) is 2. The van der Waals surface area contributed by atoms with Gasteiger partial charge in [-0.1, -0.05) is 23.2 Å². The van der Waals surface area contributed by atoms with Crippen LogP contribution in [0.1, 0.15) is 0 Å². The smallest absolute Gasteiger partial charge is 0.272 e. The molecule has 0 saturated carbocycles. The largest absolute Gasteiger partial charge is 0.368 e. The summed E-state index contributed by atoms with van der Waals surface area (Å²) in [4.78, 5) is 35.2. The van der Waals surface area contributed by atoms with E-state index in [0.29, 0.717) is 19.6 Å². The second-order valence-electron chi connectivity index (χ2n) is 5.23. The van der Waals surface area contributed by atoms with Crippen LogP contribution in [-0.4, -0.2) is 53.9 Å². The fourth-order valence-corrected chi connectivity index (χ4v) is 2.88. The Morgan fingerprint density at radius 2 is 2.04 bits per heavy atom. The molecule has 2 amide bonds. The number of nitro groups is 1. The van der Waals surface area contributed by atoms with E-state index in [1.807, 2.05) is 0 Å². The lowest BCUT2D eigenvalue weighted by molar-refractivity contribution is -0.384. The Balaban J connectivity index is 2.02. The summed E-state index contributed by atoms with van der Waals surface area (Å²) in [5.41, 5.74) is 5.08. The van der Waals surface area contributed by atoms with E-state index in [1.165, 1.54) is 0 Å². The van der Waals surface area contributed by atoms with E-state index >= 15 is 0 Å². The highest BCUT2D eigenvalue weighted by atomic mass is 35.5. The van der Waals surface area contributed by atoms with Crippen molar-refractivity contribution in [2.24, 2.45) is 5.73 Å². The Labute approximate surface area is 147 Å². The molecule has 0 spiro atoms. The molecule has 2 rings (SSSR count). The van der Waals surface area contributed by atoms with Gasteiger partial charge in [-0.25, -0.2) is 0 Å². The molecular formula is C13H15Cl2N5O4. The van der Waals surface area contributed by atoms with E-state index in [-0.39, 0.29) is 28.0 Å². The third-order valence-electron chi connectivity index (χ3n) is 3.47. The normalized spacial score (nSPS) is 18.2. The van der Waals surface area contributed by atoms with Crippen molar-refractivity contribution < 1.29 is 14.5 Å². The summed E-state index contributed by atoms with van der Waals surface area (Å²) in [6.07, 6.45) is 0. The van der Waals surface area contributed by atoms with Crippen molar-refractivity contribution in [3.05, 3.63) is 32.3 Å². The number of benzene rings is 1. The zero-order valence-electron chi connectivity index (χ0n) is 12.4. The molecule has 130 valence electrons. The van der Waals surface area contributed by atoms with Crippen LogP contribution in [0.15, 0.2) is 12.1 Å². The molecule has 9 nitrogen and oxygen atoms in total. The number of non-ortho nitro benzene ring substituents is 1. The zero-order valence-corrected chi connectivity index (χ0v) is 13.9. The van der Waals surface area contributed by atoms with E-state index in [9.17, 15) is 19.7 Å². The van der Waals surface area contributed by atoms with Crippen LogP contribution >= 0.6 is 23.2 Å². The predicted octanol–water partition coefficient (Wildman–Crippen LogP) is 0.599. The molecule has 1 fully saturated rings. The van der Waals surface area contributed by atoms with Crippen molar-refractivity contribution in [1.82, 2.24) is 10.2 Å². The number of amides is 2. The Kier molecular flexibility index (Phi) is 5.94. The maximum absolute atomic E-state index is 12.1. The van der Waals surface area contributed by atoms with Gasteiger partial charge in [0, 0.05) is 31.8 Å². The Bertz CT molecular complexity index is 661. The minimum absolute atomic E-state index is 0.00903. The molecular weight excluding hydrogens is 361 g/mol. The minimum Gasteiger partial charge on any atom is -0.368 e. The average molecular weight is 376 g/mol. The van der Waals surface area contributed by atoms with E-state index in [4.69, 9.17) is 28.9 Å². The molecule has 1 aromatic rings. The van der Waals surface area contributed by atoms with Crippen molar-refractivity contribution >= 4 is 46.4 Å². The van der Waals surface area contributed by atoms with Gasteiger partial charge in [0.25, 0.3) is 5.69 Å². The molecule has 0 aliphatic carbocycles. The predicted molar refractivity (Wildman–Crippen MR) is 89.2 cm³/mol. The van der Waals surface area contributed by atoms with E-state index in [1.54, 1.807) is 4.90 Å². The van der Waals surface area contributed by atoms with Gasteiger partial charge in [0.2, 0.25) is 11.8 Å². The number of hydrogen-bond donors (Lipinski definition) is 3. The lowest BCUT2D eigenvalue weighted by atomic mass is 10.2. The van der Waals surface area contributed by atoms with Crippen LogP contribution in [0.4, 0.5) is 11.4 Å². The second kappa shape index (κ2) is 7.75. The zero-order chi connectivity index (χ0) is 17.9. The first-order valence-corrected chi connectivity index (χ1v) is 7.72. The van der Waals surface area contributed by atoms with E-state index in [0.717, 1.165) is 12.1 Å². The number of nitro benzene ring substituents is 1. The summed E-state index contributed by atoms with van der Waals surface area (Å²) in [5.74, 6) is -0.890. The number of carbonyl (C=O) groups excluding carboxylic acids is 2. The molecule has 1 aliphatic heterocycles. The van der Waals surface area contributed by atoms with Crippen molar-refractivity contribution in [1.29, 1.82) is 0 Å². The number of anilines is 1. The maximum atomic E-state index is 12.1. The van der Waals surface area contributed by atoms with Crippen LogP contribution in [0.25, 0.3) is 0 Å². The SMILES string of the molecule is NC(=O)C1CN(CC(=O)Nc2c(Cl)cc([N+](=O)[O-])cc2Cl)CCN1. The second-order valence-corrected chi connectivity index (χ2v) is 6.05. The minimum atomic E-state index is -0.631. The van der Waals surface area contributed by atoms with Crippen molar-refractivity contribution in [3.8, 4) is 0 Å². The standard InChI is InChI=1S/C13H15Cl2N5O4/c14-8-3-7(20(23)24)4-9(15)12(8)18-11(21)6-19-2-1-17-10(5-19)13(16)22/h3-4,10,17H,1-2,5-6H2,(H2,16,22)(H,18,21). The Morgan fingerprint density at radius 1 is 1.42 bits per heavy atom. The Morgan fingerprint density at radius 3 is 2.58 bits per heavy atom. The van der Waals surface area contributed by atoms with E-state index < -0.39 is 22.8 Å². The number of primary amides is 1. The molecule has 0 radical (unpaired) electrons. The van der Waals surface area contributed by atoms with Crippen LogP contribution in [0.2, 0.25) is 10.0 Å². The molecule has 0 aromatic heterocycles. The molecule has 4 N–H and O–H groups in total. The molecule has 1 heterocycles. The number of halogens is 2. The fraction of sp³-hybridized carbons (Fsp3) is 0.385. The number of rotatable bonds is 5. The summed E-state index contributed by atoms with van der Waals surface area (Å²) in [6.45, 7) is 1.42. The lowest BCUT2D eigenvalue weighted by Gasteiger charge is -2.31. The highest BCUT2D eigenvalue weighted by Crippen LogP contribution is 2.34. The van der Waals surface area contributed by atoms with Crippen molar-refractivity contribution in [3.63, 3.8) is 0 Å². The van der Waals surface area contributed by atoms with Crippen LogP contribution in [0, 0.1) is 10.1 Å². The first-order chi connectivity index (χ1) is 11.3. The first kappa shape index (κ1) is 18.4. The van der Waals surface area contributed by atoms with Crippen LogP contribution in [-0.2, 0) is 9.59 Å². The molecule has 1 atom stereocenters. The van der Waals surface area contributed by atoms with Crippen LogP contribution in [0.5, 0.6) is 0 Å². The lowest BCUT2D eigenvalue weighted by Crippen LogP contribution is -2.57. The third kappa shape index (κ3) is 4.54. The van der Waals surface area contributed by atoms with Gasteiger partial charge in [-0.3, -0.25) is 24.6 Å². The highest BCUT2D eigenvalue weighted by Gasteiger charge is 2.25. The number of hydrogen-bond acceptors (Lipinski definition) is 6. The molecule has 1 aromatic carbocycles. The first-order valence-electron chi connectivity index (χ1n) is 6.96. The summed E-state index contributed by atoms with van der Waals surface area (Å²) in [6, 6.07) is 1.70. The third-order valence-corrected chi connectivity index (χ3v) is 4.07. The topological polar surface area (TPSA) is 131 Å². The quantitative estimate of drug-likeness (QED) is 0.510. The van der Waals surface area contributed by atoms with Crippen LogP contribution < -0.4 is 16.4 Å². The van der Waals surface area contributed by atoms with Gasteiger partial charge >= 0.3 is 0 Å². The van der Waals surface area contributed by atoms with Crippen LogP contribution in [0.3, 0.4) is 0 Å². The van der Waals surface area contributed by atoms with Gasteiger partial charge in [-0.15, -0.1) is 0 Å². The van der Waals surface area contributed by atoms with E-state index in [2.05, 4.69) is 10.6 Å². The number of nitrogens with two attached hydrogens (primary N) is 1. The Hall–Kier alpha value is -1.94. The van der Waals surface area contributed by atoms with Gasteiger partial charge in [0.05, 0.1) is 33.2 Å². The van der Waals surface area contributed by atoms with Crippen molar-refractivity contribution in [2.75, 3.05) is 31.5 Å². The number of nitrogens with zero attached hydrogens (tertiary/aromatic N) is 2. The number of piperazine rings is 1. The van der Waals surface area contributed by atoms with Gasteiger partial charge in [0.1, 0.15) is 0 Å². The number of carbonyl (C=O) groups is 2. The fourth-order valence-electron chi connectivity index (χ4n) is 2.31. The molecule has 1 aliphatic rings. The summed E-state index contributed by atoms with van der Waals surface area (Å²) in [7, 11) is 0. The molecule has 1 unspecified atom stereocenters. The maximum Gasteiger partial charge on any atom is 0.272 e. The summed E-state index contributed by atoms with van der Waals surface area (Å²) in [5, 5.41) is 16.2. The van der Waals surface area contributed by atoms with Gasteiger partial charge < -0.3 is 16.4 Å². The molecule has 0 bridgehead atoms. The monoisotopic (exact) mass is 375 g/mol. The molecule has 24 heavy (non-hydrogen) atoms. The van der Waals surface area contributed by atoms with Gasteiger partial charge in [0.15, 0.2) is 0 Å². The van der Waals surface area contributed by atoms with Crippen molar-refractivity contribution in [2.45, 2.75) is 6.04 Å². The summed E-state index contributed by atoms with van der Waals surface area (Å²) < 4.78 is 0. The average Bonchev–Trinajstić information content (AvgIpc) is 2.50. The van der Waals surface area contributed by atoms with Gasteiger partial charge in [-0.05, 0) is 0 Å². The van der Waals surface area contributed by atoms with Gasteiger partial charge in [-0.2, -0.15) is 0 Å². The molecule has 11 heteroatoms. The molecule has 1 saturated heterocycles. The highest BCUT2D eigenvalue weighted by molar-refractivity contribution is 6.40. The summed E-state index contributed by atoms with van der Waals surface area (Å²) >= 11 is 11.9.